The third-order valence-corrected chi connectivity index (χ3v) is 5.38. The number of pyridine rings is 1. The highest BCUT2D eigenvalue weighted by Gasteiger charge is 2.26. The van der Waals surface area contributed by atoms with Crippen LogP contribution in [0.5, 0.6) is 5.75 Å². The van der Waals surface area contributed by atoms with Gasteiger partial charge in [0.25, 0.3) is 0 Å². The van der Waals surface area contributed by atoms with Crippen LogP contribution in [0.1, 0.15) is 27.2 Å². The molecular weight excluding hydrogens is 430 g/mol. The van der Waals surface area contributed by atoms with Crippen LogP contribution in [0.15, 0.2) is 36.7 Å². The van der Waals surface area contributed by atoms with Gasteiger partial charge in [-0.05, 0) is 37.6 Å². The summed E-state index contributed by atoms with van der Waals surface area (Å²) in [6.45, 7) is 6.51. The molecular formula is C23H24F2N6O2. The van der Waals surface area contributed by atoms with Gasteiger partial charge in [-0.3, -0.25) is 4.79 Å². The van der Waals surface area contributed by atoms with Crippen molar-refractivity contribution in [1.82, 2.24) is 15.0 Å². The van der Waals surface area contributed by atoms with Crippen LogP contribution in [0.3, 0.4) is 0 Å². The smallest absolute Gasteiger partial charge is 0.229 e. The summed E-state index contributed by atoms with van der Waals surface area (Å²) in [5.74, 6) is -0.798. The maximum absolute atomic E-state index is 14.9. The first-order chi connectivity index (χ1) is 15.9. The highest BCUT2D eigenvalue weighted by molar-refractivity contribution is 5.88. The summed E-state index contributed by atoms with van der Waals surface area (Å²) in [4.78, 5) is 25.6. The van der Waals surface area contributed by atoms with E-state index < -0.39 is 11.6 Å². The van der Waals surface area contributed by atoms with Crippen molar-refractivity contribution in [1.29, 1.82) is 0 Å². The Kier molecular flexibility index (Phi) is 6.34. The second-order valence-corrected chi connectivity index (χ2v) is 7.73. The molecule has 10 heteroatoms. The van der Waals surface area contributed by atoms with Crippen molar-refractivity contribution >= 4 is 29.0 Å². The molecule has 0 radical (unpaired) electrons. The largest absolute Gasteiger partial charge is 0.486 e. The summed E-state index contributed by atoms with van der Waals surface area (Å²) in [7, 11) is 0. The van der Waals surface area contributed by atoms with E-state index in [1.807, 2.05) is 0 Å². The molecule has 1 amide bonds. The van der Waals surface area contributed by atoms with Gasteiger partial charge in [-0.25, -0.2) is 23.7 Å². The molecule has 1 atom stereocenters. The van der Waals surface area contributed by atoms with Crippen molar-refractivity contribution in [3.05, 3.63) is 48.3 Å². The summed E-state index contributed by atoms with van der Waals surface area (Å²) in [5, 5.41) is 5.51. The third kappa shape index (κ3) is 4.84. The predicted octanol–water partition coefficient (Wildman–Crippen LogP) is 4.52. The molecule has 3 aromatic rings. The van der Waals surface area contributed by atoms with Gasteiger partial charge in [-0.2, -0.15) is 0 Å². The zero-order valence-corrected chi connectivity index (χ0v) is 18.5. The van der Waals surface area contributed by atoms with E-state index in [4.69, 9.17) is 4.74 Å². The topological polar surface area (TPSA) is 92.3 Å². The number of ether oxygens (including phenoxy) is 1. The number of halogens is 2. The Morgan fingerprint density at radius 2 is 2.03 bits per heavy atom. The zero-order chi connectivity index (χ0) is 23.5. The van der Waals surface area contributed by atoms with E-state index in [1.165, 1.54) is 19.2 Å². The van der Waals surface area contributed by atoms with E-state index in [0.29, 0.717) is 30.3 Å². The molecule has 33 heavy (non-hydrogen) atoms. The van der Waals surface area contributed by atoms with E-state index in [-0.39, 0.29) is 34.9 Å². The van der Waals surface area contributed by atoms with Crippen LogP contribution >= 0.6 is 0 Å². The van der Waals surface area contributed by atoms with Gasteiger partial charge in [-0.1, -0.05) is 6.92 Å². The van der Waals surface area contributed by atoms with Crippen molar-refractivity contribution in [2.24, 2.45) is 0 Å². The van der Waals surface area contributed by atoms with Crippen molar-refractivity contribution in [2.75, 3.05) is 28.7 Å². The minimum atomic E-state index is -0.680. The molecule has 1 aliphatic heterocycles. The number of amides is 1. The Balaban J connectivity index is 1.65. The molecule has 2 N–H and O–H groups in total. The Bertz CT molecular complexity index is 1170. The minimum Gasteiger partial charge on any atom is -0.486 e. The van der Waals surface area contributed by atoms with Gasteiger partial charge in [-0.15, -0.1) is 0 Å². The first-order valence-corrected chi connectivity index (χ1v) is 10.6. The number of hydrogen-bond acceptors (Lipinski definition) is 7. The van der Waals surface area contributed by atoms with Gasteiger partial charge in [0.1, 0.15) is 18.1 Å². The lowest BCUT2D eigenvalue weighted by Gasteiger charge is -2.36. The number of hydrogen-bond donors (Lipinski definition) is 2. The molecule has 172 valence electrons. The van der Waals surface area contributed by atoms with Crippen LogP contribution in [0.25, 0.3) is 11.3 Å². The van der Waals surface area contributed by atoms with Crippen LogP contribution in [-0.2, 0) is 4.79 Å². The summed E-state index contributed by atoms with van der Waals surface area (Å²) >= 11 is 0. The summed E-state index contributed by atoms with van der Waals surface area (Å²) in [5.41, 5.74) is 1.35. The normalized spacial score (nSPS) is 13.7. The molecule has 1 aromatic carbocycles. The van der Waals surface area contributed by atoms with Crippen LogP contribution < -0.4 is 20.3 Å². The number of aromatic nitrogens is 3. The van der Waals surface area contributed by atoms with E-state index in [2.05, 4.69) is 44.3 Å². The quantitative estimate of drug-likeness (QED) is 0.566. The zero-order valence-electron chi connectivity index (χ0n) is 18.5. The second-order valence-electron chi connectivity index (χ2n) is 7.73. The van der Waals surface area contributed by atoms with Gasteiger partial charge < -0.3 is 20.3 Å². The number of carbonyl (C=O) groups is 1. The van der Waals surface area contributed by atoms with Crippen LogP contribution in [0.4, 0.5) is 31.9 Å². The summed E-state index contributed by atoms with van der Waals surface area (Å²) in [6.07, 6.45) is 3.36. The van der Waals surface area contributed by atoms with Gasteiger partial charge in [0.15, 0.2) is 17.4 Å². The lowest BCUT2D eigenvalue weighted by molar-refractivity contribution is -0.114. The van der Waals surface area contributed by atoms with Gasteiger partial charge in [0.05, 0.1) is 30.3 Å². The lowest BCUT2D eigenvalue weighted by Crippen LogP contribution is -2.39. The van der Waals surface area contributed by atoms with E-state index in [1.54, 1.807) is 18.2 Å². The Morgan fingerprint density at radius 1 is 1.21 bits per heavy atom. The fraction of sp³-hybridized carbons (Fsp3) is 0.304. The van der Waals surface area contributed by atoms with Crippen LogP contribution in [-0.4, -0.2) is 40.1 Å². The number of anilines is 4. The Labute approximate surface area is 190 Å². The Morgan fingerprint density at radius 3 is 2.73 bits per heavy atom. The average molecular weight is 454 g/mol. The SMILES string of the molecule is CCC(C)N1CCOc2c(F)cc(-c3nc(Nc4ccc(NC(C)=O)cn4)ncc3F)cc21. The van der Waals surface area contributed by atoms with Crippen molar-refractivity contribution < 1.29 is 18.3 Å². The first kappa shape index (κ1) is 22.4. The molecule has 0 bridgehead atoms. The number of nitrogens with zero attached hydrogens (tertiary/aromatic N) is 4. The Hall–Kier alpha value is -3.82. The molecule has 0 saturated heterocycles. The molecule has 8 nitrogen and oxygen atoms in total. The molecule has 0 saturated carbocycles. The molecule has 0 spiro atoms. The molecule has 3 heterocycles. The van der Waals surface area contributed by atoms with E-state index in [0.717, 1.165) is 12.6 Å². The second kappa shape index (κ2) is 9.35. The van der Waals surface area contributed by atoms with Crippen molar-refractivity contribution in [3.8, 4) is 17.0 Å². The molecule has 2 aromatic heterocycles. The average Bonchev–Trinajstić information content (AvgIpc) is 2.80. The van der Waals surface area contributed by atoms with E-state index >= 15 is 0 Å². The number of fused-ring (bicyclic) bond motifs is 1. The molecule has 0 aliphatic carbocycles. The molecule has 1 unspecified atom stereocenters. The summed E-state index contributed by atoms with van der Waals surface area (Å²) in [6, 6.07) is 6.36. The van der Waals surface area contributed by atoms with Crippen LogP contribution in [0, 0.1) is 11.6 Å². The first-order valence-electron chi connectivity index (χ1n) is 10.6. The number of carbonyl (C=O) groups excluding carboxylic acids is 1. The predicted molar refractivity (Wildman–Crippen MR) is 122 cm³/mol. The maximum atomic E-state index is 14.9. The van der Waals surface area contributed by atoms with Crippen molar-refractivity contribution in [3.63, 3.8) is 0 Å². The summed E-state index contributed by atoms with van der Waals surface area (Å²) < 4.78 is 35.1. The number of benzene rings is 1. The van der Waals surface area contributed by atoms with Gasteiger partial charge in [0.2, 0.25) is 11.9 Å². The standard InChI is InChI=1S/C23H24F2N6O2/c1-4-13(2)31-7-8-33-22-17(24)9-15(10-19(22)31)21-18(25)12-27-23(30-21)29-20-6-5-16(11-26-20)28-14(3)32/h5-6,9-13H,4,7-8H2,1-3H3,(H,28,32)(H,26,27,29,30). The van der Waals surface area contributed by atoms with Crippen molar-refractivity contribution in [2.45, 2.75) is 33.2 Å². The van der Waals surface area contributed by atoms with E-state index in [9.17, 15) is 13.6 Å². The van der Waals surface area contributed by atoms with Gasteiger partial charge in [0, 0.05) is 18.5 Å². The monoisotopic (exact) mass is 454 g/mol. The molecule has 4 rings (SSSR count). The van der Waals surface area contributed by atoms with Gasteiger partial charge >= 0.3 is 0 Å². The fourth-order valence-corrected chi connectivity index (χ4v) is 3.61. The fourth-order valence-electron chi connectivity index (χ4n) is 3.61. The maximum Gasteiger partial charge on any atom is 0.229 e. The number of rotatable bonds is 6. The lowest BCUT2D eigenvalue weighted by atomic mass is 10.1. The minimum absolute atomic E-state index is 0.0428. The molecule has 1 aliphatic rings. The highest BCUT2D eigenvalue weighted by Crippen LogP contribution is 2.39. The van der Waals surface area contributed by atoms with Crippen LogP contribution in [0.2, 0.25) is 0 Å². The number of nitrogens with one attached hydrogen (secondary N) is 2. The highest BCUT2D eigenvalue weighted by atomic mass is 19.1. The third-order valence-electron chi connectivity index (χ3n) is 5.38. The molecule has 0 fully saturated rings.